The van der Waals surface area contributed by atoms with Gasteiger partial charge in [0.2, 0.25) is 11.8 Å². The first-order chi connectivity index (χ1) is 15.2. The van der Waals surface area contributed by atoms with Gasteiger partial charge in [0.15, 0.2) is 9.84 Å². The Bertz CT molecular complexity index is 1150. The van der Waals surface area contributed by atoms with Crippen molar-refractivity contribution < 1.29 is 22.4 Å². The van der Waals surface area contributed by atoms with E-state index in [-0.39, 0.29) is 40.0 Å². The van der Waals surface area contributed by atoms with Crippen LogP contribution in [-0.2, 0) is 19.4 Å². The molecule has 1 fully saturated rings. The Kier molecular flexibility index (Phi) is 6.43. The van der Waals surface area contributed by atoms with Crippen LogP contribution in [0.1, 0.15) is 13.3 Å². The lowest BCUT2D eigenvalue weighted by molar-refractivity contribution is -0.131. The number of anilines is 2. The van der Waals surface area contributed by atoms with E-state index in [4.69, 9.17) is 0 Å². The highest BCUT2D eigenvalue weighted by Gasteiger charge is 2.27. The van der Waals surface area contributed by atoms with Gasteiger partial charge >= 0.3 is 0 Å². The van der Waals surface area contributed by atoms with Crippen molar-refractivity contribution in [1.29, 1.82) is 0 Å². The zero-order chi connectivity index (χ0) is 22.9. The summed E-state index contributed by atoms with van der Waals surface area (Å²) in [6.45, 7) is 3.58. The van der Waals surface area contributed by atoms with Crippen LogP contribution in [0, 0.1) is 5.82 Å². The number of carbonyl (C=O) groups excluding carboxylic acids is 2. The maximum absolute atomic E-state index is 14.0. The Hall–Kier alpha value is -2.59. The number of thioether (sulfide) groups is 1. The largest absolute Gasteiger partial charge is 0.366 e. The lowest BCUT2D eigenvalue weighted by Crippen LogP contribution is -2.49. The number of hydrogen-bond acceptors (Lipinski definition) is 6. The third-order valence-corrected chi connectivity index (χ3v) is 8.54. The molecule has 2 heterocycles. The lowest BCUT2D eigenvalue weighted by atomic mass is 10.2. The van der Waals surface area contributed by atoms with E-state index in [1.54, 1.807) is 36.1 Å². The average Bonchev–Trinajstić information content (AvgIpc) is 2.78. The number of piperazine rings is 1. The maximum Gasteiger partial charge on any atom is 0.237 e. The molecule has 1 saturated heterocycles. The van der Waals surface area contributed by atoms with Crippen molar-refractivity contribution in [3.8, 4) is 0 Å². The summed E-state index contributed by atoms with van der Waals surface area (Å²) in [5.41, 5.74) is 0.990. The molecule has 2 aliphatic heterocycles. The molecule has 0 unspecified atom stereocenters. The number of halogens is 1. The fourth-order valence-electron chi connectivity index (χ4n) is 3.78. The quantitative estimate of drug-likeness (QED) is 0.713. The Labute approximate surface area is 190 Å². The van der Waals surface area contributed by atoms with Crippen LogP contribution in [-0.4, -0.2) is 62.3 Å². The van der Waals surface area contributed by atoms with Gasteiger partial charge in [0.1, 0.15) is 5.82 Å². The molecule has 10 heteroatoms. The molecule has 2 aromatic carbocycles. The first kappa shape index (κ1) is 22.6. The number of fused-ring (bicyclic) bond motifs is 1. The van der Waals surface area contributed by atoms with Crippen molar-refractivity contribution in [2.45, 2.75) is 28.4 Å². The van der Waals surface area contributed by atoms with Gasteiger partial charge in [0.05, 0.1) is 27.3 Å². The lowest BCUT2D eigenvalue weighted by Gasteiger charge is -2.36. The SMILES string of the molecule is C[C@@H]1Sc2ccc(S(=O)(=O)CCC(=O)N3CCN(c4ccccc4F)CC3)cc2NC1=O. The van der Waals surface area contributed by atoms with Gasteiger partial charge in [-0.05, 0) is 37.3 Å². The number of amides is 2. The minimum atomic E-state index is -3.69. The topological polar surface area (TPSA) is 86.8 Å². The van der Waals surface area contributed by atoms with Gasteiger partial charge in [-0.15, -0.1) is 11.8 Å². The summed E-state index contributed by atoms with van der Waals surface area (Å²) in [5, 5.41) is 2.49. The van der Waals surface area contributed by atoms with Gasteiger partial charge in [-0.25, -0.2) is 12.8 Å². The smallest absolute Gasteiger partial charge is 0.237 e. The van der Waals surface area contributed by atoms with E-state index in [1.165, 1.54) is 30.0 Å². The van der Waals surface area contributed by atoms with Gasteiger partial charge in [0.25, 0.3) is 0 Å². The molecule has 0 aliphatic carbocycles. The molecular weight excluding hydrogens is 453 g/mol. The van der Waals surface area contributed by atoms with Crippen molar-refractivity contribution in [1.82, 2.24) is 4.90 Å². The molecule has 0 bridgehead atoms. The average molecular weight is 478 g/mol. The Balaban J connectivity index is 1.34. The van der Waals surface area contributed by atoms with Crippen LogP contribution in [0.3, 0.4) is 0 Å². The van der Waals surface area contributed by atoms with Crippen LogP contribution < -0.4 is 10.2 Å². The molecule has 32 heavy (non-hydrogen) atoms. The summed E-state index contributed by atoms with van der Waals surface area (Å²) in [5.74, 6) is -1.01. The van der Waals surface area contributed by atoms with Gasteiger partial charge in [-0.3, -0.25) is 9.59 Å². The highest BCUT2D eigenvalue weighted by molar-refractivity contribution is 8.01. The number of para-hydroxylation sites is 1. The first-order valence-electron chi connectivity index (χ1n) is 10.4. The highest BCUT2D eigenvalue weighted by atomic mass is 32.2. The van der Waals surface area contributed by atoms with E-state index in [0.717, 1.165) is 4.90 Å². The molecule has 1 N–H and O–H groups in total. The van der Waals surface area contributed by atoms with Crippen molar-refractivity contribution in [3.63, 3.8) is 0 Å². The van der Waals surface area contributed by atoms with E-state index in [1.807, 2.05) is 4.90 Å². The van der Waals surface area contributed by atoms with Crippen LogP contribution in [0.15, 0.2) is 52.3 Å². The van der Waals surface area contributed by atoms with E-state index in [0.29, 0.717) is 37.6 Å². The number of carbonyl (C=O) groups is 2. The Morgan fingerprint density at radius 1 is 1.16 bits per heavy atom. The minimum Gasteiger partial charge on any atom is -0.366 e. The van der Waals surface area contributed by atoms with Crippen LogP contribution in [0.2, 0.25) is 0 Å². The monoisotopic (exact) mass is 477 g/mol. The molecule has 2 aromatic rings. The fraction of sp³-hybridized carbons (Fsp3) is 0.364. The van der Waals surface area contributed by atoms with Crippen molar-refractivity contribution in [3.05, 3.63) is 48.3 Å². The molecule has 7 nitrogen and oxygen atoms in total. The summed E-state index contributed by atoms with van der Waals surface area (Å²) in [7, 11) is -3.69. The standard InChI is InChI=1S/C22H24FN3O4S2/c1-15-22(28)24-18-14-16(6-7-20(18)31-15)32(29,30)13-8-21(27)26-11-9-25(10-12-26)19-5-3-2-4-17(19)23/h2-7,14-15H,8-13H2,1H3,(H,24,28)/t15-/m0/s1. The molecule has 0 saturated carbocycles. The molecule has 4 rings (SSSR count). The number of sulfone groups is 1. The molecule has 0 radical (unpaired) electrons. The predicted octanol–water partition coefficient (Wildman–Crippen LogP) is 2.77. The van der Waals surface area contributed by atoms with E-state index >= 15 is 0 Å². The third kappa shape index (κ3) is 4.75. The maximum atomic E-state index is 14.0. The van der Waals surface area contributed by atoms with Crippen molar-refractivity contribution in [2.24, 2.45) is 0 Å². The molecule has 170 valence electrons. The zero-order valence-electron chi connectivity index (χ0n) is 17.6. The molecule has 2 amide bonds. The van der Waals surface area contributed by atoms with E-state index < -0.39 is 9.84 Å². The molecule has 2 aliphatic rings. The molecule has 1 atom stereocenters. The second kappa shape index (κ2) is 9.11. The van der Waals surface area contributed by atoms with Crippen molar-refractivity contribution >= 4 is 44.8 Å². The van der Waals surface area contributed by atoms with E-state index in [9.17, 15) is 22.4 Å². The van der Waals surface area contributed by atoms with Crippen molar-refractivity contribution in [2.75, 3.05) is 42.1 Å². The van der Waals surface area contributed by atoms with E-state index in [2.05, 4.69) is 5.32 Å². The van der Waals surface area contributed by atoms with Crippen LogP contribution in [0.4, 0.5) is 15.8 Å². The van der Waals surface area contributed by atoms with Gasteiger partial charge in [-0.2, -0.15) is 0 Å². The fourth-order valence-corrected chi connectivity index (χ4v) is 5.97. The summed E-state index contributed by atoms with van der Waals surface area (Å²) < 4.78 is 39.5. The zero-order valence-corrected chi connectivity index (χ0v) is 19.2. The summed E-state index contributed by atoms with van der Waals surface area (Å²) in [4.78, 5) is 28.9. The first-order valence-corrected chi connectivity index (χ1v) is 12.9. The third-order valence-electron chi connectivity index (χ3n) is 5.65. The number of benzene rings is 2. The van der Waals surface area contributed by atoms with Gasteiger partial charge in [0, 0.05) is 37.5 Å². The predicted molar refractivity (Wildman–Crippen MR) is 122 cm³/mol. The van der Waals surface area contributed by atoms with Crippen LogP contribution in [0.25, 0.3) is 0 Å². The summed E-state index contributed by atoms with van der Waals surface area (Å²) in [6.07, 6.45) is -0.128. The number of nitrogens with one attached hydrogen (secondary N) is 1. The summed E-state index contributed by atoms with van der Waals surface area (Å²) in [6, 6.07) is 11.2. The molecular formula is C22H24FN3O4S2. The number of rotatable bonds is 5. The van der Waals surface area contributed by atoms with Crippen LogP contribution in [0.5, 0.6) is 0 Å². The second-order valence-corrected chi connectivity index (χ2v) is 11.3. The molecule has 0 aromatic heterocycles. The second-order valence-electron chi connectivity index (χ2n) is 7.80. The highest BCUT2D eigenvalue weighted by Crippen LogP contribution is 2.37. The Morgan fingerprint density at radius 2 is 1.88 bits per heavy atom. The molecule has 0 spiro atoms. The normalized spacial score (nSPS) is 18.8. The number of hydrogen-bond donors (Lipinski definition) is 1. The number of nitrogens with zero attached hydrogens (tertiary/aromatic N) is 2. The summed E-state index contributed by atoms with van der Waals surface area (Å²) >= 11 is 1.38. The van der Waals surface area contributed by atoms with Gasteiger partial charge in [-0.1, -0.05) is 12.1 Å². The Morgan fingerprint density at radius 3 is 2.59 bits per heavy atom. The minimum absolute atomic E-state index is 0.0869. The van der Waals surface area contributed by atoms with Crippen LogP contribution >= 0.6 is 11.8 Å². The van der Waals surface area contributed by atoms with Gasteiger partial charge < -0.3 is 15.1 Å².